The molecule has 10 heteroatoms. The minimum Gasteiger partial charge on any atom is -0.379 e. The predicted octanol–water partition coefficient (Wildman–Crippen LogP) is 1.60. The zero-order valence-corrected chi connectivity index (χ0v) is 16.6. The average molecular weight is 411 g/mol. The van der Waals surface area contributed by atoms with Gasteiger partial charge in [0.05, 0.1) is 22.5 Å². The van der Waals surface area contributed by atoms with Gasteiger partial charge < -0.3 is 10.1 Å². The molecular formula is C18H25N3O6S. The summed E-state index contributed by atoms with van der Waals surface area (Å²) in [7, 11) is -3.85. The Labute approximate surface area is 164 Å². The summed E-state index contributed by atoms with van der Waals surface area (Å²) in [6, 6.07) is 3.86. The third-order valence-electron chi connectivity index (χ3n) is 5.33. The van der Waals surface area contributed by atoms with Gasteiger partial charge in [-0.15, -0.1) is 0 Å². The van der Waals surface area contributed by atoms with Crippen molar-refractivity contribution in [3.8, 4) is 0 Å². The Hall–Kier alpha value is -2.04. The summed E-state index contributed by atoms with van der Waals surface area (Å²) in [5.74, 6) is -0.293. The molecule has 2 aliphatic heterocycles. The Balaban J connectivity index is 1.64. The van der Waals surface area contributed by atoms with E-state index in [9.17, 15) is 23.3 Å². The fraction of sp³-hybridized carbons (Fsp3) is 0.611. The molecule has 1 amide bonds. The molecule has 3 rings (SSSR count). The number of nitrogens with one attached hydrogen (secondary N) is 1. The highest BCUT2D eigenvalue weighted by molar-refractivity contribution is 7.89. The average Bonchev–Trinajstić information content (AvgIpc) is 2.69. The van der Waals surface area contributed by atoms with Crippen LogP contribution in [0.2, 0.25) is 0 Å². The standard InChI is InChI=1S/C18H25N3O6S/c1-13-4-5-16(21(23)24)11-17(13)28(25,26)20-8-6-14(7-9-20)18(22)19-15-3-2-10-27-12-15/h4-5,11,14-15H,2-3,6-10,12H2,1H3,(H,19,22). The quantitative estimate of drug-likeness (QED) is 0.581. The van der Waals surface area contributed by atoms with Crippen LogP contribution in [0.3, 0.4) is 0 Å². The number of amides is 1. The monoisotopic (exact) mass is 411 g/mol. The number of nitro groups is 1. The molecule has 154 valence electrons. The van der Waals surface area contributed by atoms with Gasteiger partial charge in [0.1, 0.15) is 0 Å². The molecule has 1 aromatic rings. The molecule has 1 N–H and O–H groups in total. The Bertz CT molecular complexity index is 843. The zero-order chi connectivity index (χ0) is 20.3. The number of rotatable bonds is 5. The maximum absolute atomic E-state index is 13.0. The van der Waals surface area contributed by atoms with Crippen molar-refractivity contribution in [2.45, 2.75) is 43.5 Å². The van der Waals surface area contributed by atoms with Crippen LogP contribution in [0.15, 0.2) is 23.1 Å². The van der Waals surface area contributed by atoms with E-state index in [1.54, 1.807) is 6.92 Å². The van der Waals surface area contributed by atoms with Crippen molar-refractivity contribution in [1.29, 1.82) is 0 Å². The predicted molar refractivity (Wildman–Crippen MR) is 101 cm³/mol. The first kappa shape index (κ1) is 20.7. The van der Waals surface area contributed by atoms with Crippen LogP contribution in [0.1, 0.15) is 31.2 Å². The van der Waals surface area contributed by atoms with Gasteiger partial charge in [-0.25, -0.2) is 8.42 Å². The summed E-state index contributed by atoms with van der Waals surface area (Å²) >= 11 is 0. The lowest BCUT2D eigenvalue weighted by Crippen LogP contribution is -2.47. The lowest BCUT2D eigenvalue weighted by Gasteiger charge is -2.32. The van der Waals surface area contributed by atoms with Gasteiger partial charge in [-0.3, -0.25) is 14.9 Å². The number of nitrogens with zero attached hydrogens (tertiary/aromatic N) is 2. The summed E-state index contributed by atoms with van der Waals surface area (Å²) in [5, 5.41) is 14.0. The van der Waals surface area contributed by atoms with E-state index < -0.39 is 14.9 Å². The van der Waals surface area contributed by atoms with Crippen LogP contribution in [0, 0.1) is 23.0 Å². The fourth-order valence-electron chi connectivity index (χ4n) is 3.65. The van der Waals surface area contributed by atoms with E-state index in [0.29, 0.717) is 25.0 Å². The third kappa shape index (κ3) is 4.50. The molecule has 0 radical (unpaired) electrons. The van der Waals surface area contributed by atoms with Crippen molar-refractivity contribution < 1.29 is 22.9 Å². The van der Waals surface area contributed by atoms with E-state index >= 15 is 0 Å². The van der Waals surface area contributed by atoms with Gasteiger partial charge in [-0.1, -0.05) is 6.07 Å². The molecule has 0 aromatic heterocycles. The minimum absolute atomic E-state index is 0.0236. The van der Waals surface area contributed by atoms with Gasteiger partial charge in [-0.05, 0) is 38.2 Å². The van der Waals surface area contributed by atoms with Gasteiger partial charge in [-0.2, -0.15) is 4.31 Å². The maximum atomic E-state index is 13.0. The van der Waals surface area contributed by atoms with Crippen molar-refractivity contribution >= 4 is 21.6 Å². The summed E-state index contributed by atoms with van der Waals surface area (Å²) in [6.45, 7) is 3.28. The largest absolute Gasteiger partial charge is 0.379 e. The molecule has 9 nitrogen and oxygen atoms in total. The second kappa shape index (κ2) is 8.54. The summed E-state index contributed by atoms with van der Waals surface area (Å²) in [6.07, 6.45) is 2.66. The van der Waals surface area contributed by atoms with Gasteiger partial charge in [0.15, 0.2) is 0 Å². The summed E-state index contributed by atoms with van der Waals surface area (Å²) in [4.78, 5) is 22.8. The molecule has 28 heavy (non-hydrogen) atoms. The number of carbonyl (C=O) groups is 1. The lowest BCUT2D eigenvalue weighted by atomic mass is 9.96. The van der Waals surface area contributed by atoms with Gasteiger partial charge >= 0.3 is 0 Å². The zero-order valence-electron chi connectivity index (χ0n) is 15.8. The highest BCUT2D eigenvalue weighted by Crippen LogP contribution is 2.28. The molecule has 0 saturated carbocycles. The van der Waals surface area contributed by atoms with Gasteiger partial charge in [0.2, 0.25) is 15.9 Å². The molecule has 0 aliphatic carbocycles. The molecule has 2 heterocycles. The lowest BCUT2D eigenvalue weighted by molar-refractivity contribution is -0.385. The number of carbonyl (C=O) groups excluding carboxylic acids is 1. The molecule has 2 aliphatic rings. The first-order chi connectivity index (χ1) is 13.3. The van der Waals surface area contributed by atoms with Crippen LogP contribution in [0.5, 0.6) is 0 Å². The van der Waals surface area contributed by atoms with E-state index in [4.69, 9.17) is 4.74 Å². The molecule has 1 atom stereocenters. The molecule has 2 fully saturated rings. The number of aryl methyl sites for hydroxylation is 1. The van der Waals surface area contributed by atoms with Crippen molar-refractivity contribution in [3.63, 3.8) is 0 Å². The smallest absolute Gasteiger partial charge is 0.270 e. The Morgan fingerprint density at radius 1 is 1.29 bits per heavy atom. The number of non-ortho nitro benzene ring substituents is 1. The van der Waals surface area contributed by atoms with Gasteiger partial charge in [0, 0.05) is 37.7 Å². The fourth-order valence-corrected chi connectivity index (χ4v) is 5.37. The van der Waals surface area contributed by atoms with Crippen molar-refractivity contribution in [2.75, 3.05) is 26.3 Å². The SMILES string of the molecule is Cc1ccc([N+](=O)[O-])cc1S(=O)(=O)N1CCC(C(=O)NC2CCCOC2)CC1. The summed E-state index contributed by atoms with van der Waals surface area (Å²) in [5.41, 5.74) is 0.205. The van der Waals surface area contributed by atoms with Crippen LogP contribution >= 0.6 is 0 Å². The topological polar surface area (TPSA) is 119 Å². The van der Waals surface area contributed by atoms with Crippen LogP contribution in [0.25, 0.3) is 0 Å². The second-order valence-electron chi connectivity index (χ2n) is 7.31. The molecule has 1 unspecified atom stereocenters. The normalized spacial score (nSPS) is 22.0. The second-order valence-corrected chi connectivity index (χ2v) is 9.21. The number of piperidine rings is 1. The Morgan fingerprint density at radius 2 is 2.00 bits per heavy atom. The third-order valence-corrected chi connectivity index (χ3v) is 7.37. The molecule has 0 bridgehead atoms. The van der Waals surface area contributed by atoms with Crippen molar-refractivity contribution in [1.82, 2.24) is 9.62 Å². The number of ether oxygens (including phenoxy) is 1. The van der Waals surface area contributed by atoms with Crippen LogP contribution in [0.4, 0.5) is 5.69 Å². The number of sulfonamides is 1. The number of hydrogen-bond acceptors (Lipinski definition) is 6. The van der Waals surface area contributed by atoms with Crippen molar-refractivity contribution in [2.24, 2.45) is 5.92 Å². The van der Waals surface area contributed by atoms with Crippen molar-refractivity contribution in [3.05, 3.63) is 33.9 Å². The molecule has 2 saturated heterocycles. The van der Waals surface area contributed by atoms with E-state index in [-0.39, 0.29) is 41.5 Å². The van der Waals surface area contributed by atoms with E-state index in [1.165, 1.54) is 16.4 Å². The molecular weight excluding hydrogens is 386 g/mol. The molecule has 0 spiro atoms. The maximum Gasteiger partial charge on any atom is 0.270 e. The Kier molecular flexibility index (Phi) is 6.31. The highest BCUT2D eigenvalue weighted by atomic mass is 32.2. The van der Waals surface area contributed by atoms with Gasteiger partial charge in [0.25, 0.3) is 5.69 Å². The summed E-state index contributed by atoms with van der Waals surface area (Å²) < 4.78 is 32.6. The van der Waals surface area contributed by atoms with Crippen LogP contribution < -0.4 is 5.32 Å². The highest BCUT2D eigenvalue weighted by Gasteiger charge is 2.34. The first-order valence-electron chi connectivity index (χ1n) is 9.42. The van der Waals surface area contributed by atoms with E-state index in [1.807, 2.05) is 0 Å². The number of hydrogen-bond donors (Lipinski definition) is 1. The number of nitro benzene ring substituents is 1. The molecule has 1 aromatic carbocycles. The van der Waals surface area contributed by atoms with E-state index in [0.717, 1.165) is 25.5 Å². The van der Waals surface area contributed by atoms with Crippen LogP contribution in [-0.4, -0.2) is 55.9 Å². The number of benzene rings is 1. The minimum atomic E-state index is -3.85. The Morgan fingerprint density at radius 3 is 2.61 bits per heavy atom. The van der Waals surface area contributed by atoms with E-state index in [2.05, 4.69) is 5.32 Å². The van der Waals surface area contributed by atoms with Crippen LogP contribution in [-0.2, 0) is 19.6 Å². The first-order valence-corrected chi connectivity index (χ1v) is 10.9.